The van der Waals surface area contributed by atoms with Crippen molar-refractivity contribution in [3.8, 4) is 0 Å². The van der Waals surface area contributed by atoms with Crippen LogP contribution in [0.2, 0.25) is 0 Å². The number of carbonyl (C=O) groups excluding carboxylic acids is 1. The van der Waals surface area contributed by atoms with E-state index in [4.69, 9.17) is 5.11 Å². The van der Waals surface area contributed by atoms with Crippen molar-refractivity contribution in [1.29, 1.82) is 0 Å². The first-order valence-corrected chi connectivity index (χ1v) is 6.38. The fraction of sp³-hybridized carbons (Fsp3) is 0.462. The Hall–Kier alpha value is -2.18. The normalized spacial score (nSPS) is 16.0. The molecule has 108 valence electrons. The van der Waals surface area contributed by atoms with E-state index >= 15 is 0 Å². The number of carbonyl (C=O) groups is 2. The quantitative estimate of drug-likeness (QED) is 0.864. The van der Waals surface area contributed by atoms with E-state index in [0.29, 0.717) is 25.9 Å². The maximum atomic E-state index is 13.1. The molecule has 1 aliphatic heterocycles. The van der Waals surface area contributed by atoms with Gasteiger partial charge in [-0.1, -0.05) is 0 Å². The number of pyridine rings is 1. The van der Waals surface area contributed by atoms with Crippen LogP contribution in [0, 0.1) is 5.82 Å². The van der Waals surface area contributed by atoms with E-state index in [2.05, 4.69) is 10.3 Å². The molecule has 2 rings (SSSR count). The van der Waals surface area contributed by atoms with Gasteiger partial charge in [0.2, 0.25) is 5.91 Å². The van der Waals surface area contributed by atoms with Gasteiger partial charge in [-0.05, 0) is 18.9 Å². The number of piperidine rings is 1. The molecule has 20 heavy (non-hydrogen) atoms. The smallest absolute Gasteiger partial charge is 0.339 e. The zero-order valence-electron chi connectivity index (χ0n) is 11.1. The average molecular weight is 281 g/mol. The van der Waals surface area contributed by atoms with E-state index in [0.717, 1.165) is 12.3 Å². The molecule has 0 saturated carbocycles. The Balaban J connectivity index is 2.11. The largest absolute Gasteiger partial charge is 0.478 e. The summed E-state index contributed by atoms with van der Waals surface area (Å²) in [7, 11) is 0. The maximum absolute atomic E-state index is 13.1. The van der Waals surface area contributed by atoms with Crippen LogP contribution in [-0.2, 0) is 4.79 Å². The number of nitrogens with one attached hydrogen (secondary N) is 1. The van der Waals surface area contributed by atoms with E-state index in [1.165, 1.54) is 6.92 Å². The van der Waals surface area contributed by atoms with Crippen LogP contribution in [-0.4, -0.2) is 41.1 Å². The molecule has 6 nitrogen and oxygen atoms in total. The number of carboxylic acids is 1. The molecule has 1 saturated heterocycles. The number of carboxylic acid groups (broad SMARTS) is 1. The summed E-state index contributed by atoms with van der Waals surface area (Å²) in [6, 6.07) is 1.07. The van der Waals surface area contributed by atoms with Crippen molar-refractivity contribution in [2.45, 2.75) is 25.8 Å². The number of aromatic carboxylic acids is 1. The summed E-state index contributed by atoms with van der Waals surface area (Å²) in [5.41, 5.74) is -0.136. The molecule has 1 fully saturated rings. The Bertz CT molecular complexity index is 528. The van der Waals surface area contributed by atoms with Gasteiger partial charge in [0, 0.05) is 26.1 Å². The summed E-state index contributed by atoms with van der Waals surface area (Å²) < 4.78 is 13.1. The predicted octanol–water partition coefficient (Wildman–Crippen LogP) is 1.02. The molecule has 1 aromatic heterocycles. The van der Waals surface area contributed by atoms with E-state index in [9.17, 15) is 14.0 Å². The fourth-order valence-electron chi connectivity index (χ4n) is 2.36. The molecule has 2 N–H and O–H groups in total. The zero-order chi connectivity index (χ0) is 14.7. The van der Waals surface area contributed by atoms with Gasteiger partial charge in [-0.2, -0.15) is 0 Å². The van der Waals surface area contributed by atoms with Gasteiger partial charge in [0.05, 0.1) is 6.20 Å². The number of hydrogen-bond acceptors (Lipinski definition) is 4. The molecule has 0 atom stereocenters. The number of rotatable bonds is 3. The van der Waals surface area contributed by atoms with Gasteiger partial charge >= 0.3 is 5.97 Å². The topological polar surface area (TPSA) is 82.5 Å². The minimum atomic E-state index is -1.20. The molecule has 0 aliphatic carbocycles. The van der Waals surface area contributed by atoms with Gasteiger partial charge in [-0.3, -0.25) is 4.79 Å². The Morgan fingerprint density at radius 2 is 2.10 bits per heavy atom. The number of aromatic nitrogens is 1. The summed E-state index contributed by atoms with van der Waals surface area (Å²) in [5.74, 6) is -1.66. The second-order valence-electron chi connectivity index (χ2n) is 4.79. The SMILES string of the molecule is CC(=O)NC1CCN(c2ncc(F)cc2C(=O)O)CC1. The van der Waals surface area contributed by atoms with Crippen molar-refractivity contribution in [2.24, 2.45) is 0 Å². The summed E-state index contributed by atoms with van der Waals surface area (Å²) >= 11 is 0. The molecule has 0 aromatic carbocycles. The number of hydrogen-bond donors (Lipinski definition) is 2. The van der Waals surface area contributed by atoms with Crippen molar-refractivity contribution >= 4 is 17.7 Å². The maximum Gasteiger partial charge on any atom is 0.339 e. The second kappa shape index (κ2) is 5.85. The Labute approximate surface area is 115 Å². The van der Waals surface area contributed by atoms with Crippen LogP contribution < -0.4 is 10.2 Å². The van der Waals surface area contributed by atoms with Crippen molar-refractivity contribution < 1.29 is 19.1 Å². The Morgan fingerprint density at radius 1 is 1.45 bits per heavy atom. The lowest BCUT2D eigenvalue weighted by Gasteiger charge is -2.33. The molecule has 7 heteroatoms. The van der Waals surface area contributed by atoms with Crippen LogP contribution in [0.4, 0.5) is 10.2 Å². The van der Waals surface area contributed by atoms with E-state index < -0.39 is 11.8 Å². The fourth-order valence-corrected chi connectivity index (χ4v) is 2.36. The summed E-state index contributed by atoms with van der Waals surface area (Å²) in [4.78, 5) is 27.8. The first-order valence-electron chi connectivity index (χ1n) is 6.38. The first-order chi connectivity index (χ1) is 9.47. The standard InChI is InChI=1S/C13H16FN3O3/c1-8(18)16-10-2-4-17(5-3-10)12-11(13(19)20)6-9(14)7-15-12/h6-7,10H,2-5H2,1H3,(H,16,18)(H,19,20). The number of nitrogens with zero attached hydrogens (tertiary/aromatic N) is 2. The van der Waals surface area contributed by atoms with Gasteiger partial charge in [-0.25, -0.2) is 14.2 Å². The highest BCUT2D eigenvalue weighted by Crippen LogP contribution is 2.22. The second-order valence-corrected chi connectivity index (χ2v) is 4.79. The highest BCUT2D eigenvalue weighted by Gasteiger charge is 2.24. The molecule has 1 aliphatic rings. The van der Waals surface area contributed by atoms with Crippen LogP contribution in [0.1, 0.15) is 30.1 Å². The molecule has 0 bridgehead atoms. The van der Waals surface area contributed by atoms with Crippen LogP contribution in [0.3, 0.4) is 0 Å². The van der Waals surface area contributed by atoms with Crippen molar-refractivity contribution in [1.82, 2.24) is 10.3 Å². The Morgan fingerprint density at radius 3 is 2.65 bits per heavy atom. The van der Waals surface area contributed by atoms with Gasteiger partial charge in [0.15, 0.2) is 0 Å². The molecule has 0 radical (unpaired) electrons. The van der Waals surface area contributed by atoms with Gasteiger partial charge in [0.25, 0.3) is 0 Å². The minimum Gasteiger partial charge on any atom is -0.478 e. The average Bonchev–Trinajstić information content (AvgIpc) is 2.39. The summed E-state index contributed by atoms with van der Waals surface area (Å²) in [6.45, 7) is 2.62. The first kappa shape index (κ1) is 14.2. The van der Waals surface area contributed by atoms with Crippen molar-refractivity contribution in [3.63, 3.8) is 0 Å². The van der Waals surface area contributed by atoms with E-state index in [1.807, 2.05) is 0 Å². The van der Waals surface area contributed by atoms with Crippen LogP contribution in [0.15, 0.2) is 12.3 Å². The summed E-state index contributed by atoms with van der Waals surface area (Å²) in [5, 5.41) is 11.9. The third-order valence-corrected chi connectivity index (χ3v) is 3.27. The predicted molar refractivity (Wildman–Crippen MR) is 70.2 cm³/mol. The lowest BCUT2D eigenvalue weighted by Crippen LogP contribution is -2.44. The summed E-state index contributed by atoms with van der Waals surface area (Å²) in [6.07, 6.45) is 2.43. The van der Waals surface area contributed by atoms with Crippen molar-refractivity contribution in [3.05, 3.63) is 23.6 Å². The van der Waals surface area contributed by atoms with Gasteiger partial charge < -0.3 is 15.3 Å². The zero-order valence-corrected chi connectivity index (χ0v) is 11.1. The molecular weight excluding hydrogens is 265 g/mol. The molecule has 2 heterocycles. The number of amides is 1. The number of anilines is 1. The lowest BCUT2D eigenvalue weighted by atomic mass is 10.0. The molecular formula is C13H16FN3O3. The van der Waals surface area contributed by atoms with Crippen molar-refractivity contribution in [2.75, 3.05) is 18.0 Å². The Kier molecular flexibility index (Phi) is 4.16. The minimum absolute atomic E-state index is 0.0745. The van der Waals surface area contributed by atoms with Gasteiger partial charge in [-0.15, -0.1) is 0 Å². The van der Waals surface area contributed by atoms with Crippen LogP contribution >= 0.6 is 0 Å². The highest BCUT2D eigenvalue weighted by molar-refractivity contribution is 5.93. The molecule has 1 aromatic rings. The molecule has 0 spiro atoms. The van der Waals surface area contributed by atoms with Crippen LogP contribution in [0.25, 0.3) is 0 Å². The highest BCUT2D eigenvalue weighted by atomic mass is 19.1. The molecule has 1 amide bonds. The third-order valence-electron chi connectivity index (χ3n) is 3.27. The van der Waals surface area contributed by atoms with E-state index in [-0.39, 0.29) is 23.3 Å². The van der Waals surface area contributed by atoms with Crippen LogP contribution in [0.5, 0.6) is 0 Å². The monoisotopic (exact) mass is 281 g/mol. The lowest BCUT2D eigenvalue weighted by molar-refractivity contribution is -0.119. The van der Waals surface area contributed by atoms with Gasteiger partial charge in [0.1, 0.15) is 17.2 Å². The number of halogens is 1. The van der Waals surface area contributed by atoms with E-state index in [1.54, 1.807) is 4.90 Å². The third kappa shape index (κ3) is 3.23. The molecule has 0 unspecified atom stereocenters.